The Labute approximate surface area is 72.7 Å². The quantitative estimate of drug-likeness (QED) is 0.602. The molecule has 3 unspecified atom stereocenters. The normalized spacial score (nSPS) is 37.7. The molecule has 0 spiro atoms. The maximum absolute atomic E-state index is 11.6. The Morgan fingerprint density at radius 3 is 2.92 bits per heavy atom. The molecule has 1 amide bonds. The summed E-state index contributed by atoms with van der Waals surface area (Å²) < 4.78 is 5.41. The first-order chi connectivity index (χ1) is 5.75. The predicted molar refractivity (Wildman–Crippen MR) is 44.6 cm³/mol. The van der Waals surface area contributed by atoms with Gasteiger partial charge in [-0.05, 0) is 13.3 Å². The van der Waals surface area contributed by atoms with E-state index in [2.05, 4.69) is 0 Å². The van der Waals surface area contributed by atoms with E-state index in [-0.39, 0.29) is 17.9 Å². The van der Waals surface area contributed by atoms with Crippen molar-refractivity contribution in [1.82, 2.24) is 4.90 Å². The summed E-state index contributed by atoms with van der Waals surface area (Å²) in [4.78, 5) is 13.4. The molecule has 68 valence electrons. The number of nitrogens with zero attached hydrogens (tertiary/aromatic N) is 1. The van der Waals surface area contributed by atoms with E-state index < -0.39 is 0 Å². The molecule has 0 N–H and O–H groups in total. The number of rotatable bonds is 2. The van der Waals surface area contributed by atoms with Crippen LogP contribution >= 0.6 is 0 Å². The fourth-order valence-electron chi connectivity index (χ4n) is 1.99. The summed E-state index contributed by atoms with van der Waals surface area (Å²) in [5.74, 6) is 1.02. The van der Waals surface area contributed by atoms with Crippen molar-refractivity contribution in [2.45, 2.75) is 19.4 Å². The van der Waals surface area contributed by atoms with Crippen molar-refractivity contribution in [2.75, 3.05) is 20.2 Å². The van der Waals surface area contributed by atoms with Crippen LogP contribution in [0.4, 0.5) is 0 Å². The fraction of sp³-hybridized carbons (Fsp3) is 0.889. The molecule has 2 aliphatic rings. The lowest BCUT2D eigenvalue weighted by atomic mass is 10.2. The third kappa shape index (κ3) is 1.04. The monoisotopic (exact) mass is 169 g/mol. The largest absolute Gasteiger partial charge is 0.377 e. The van der Waals surface area contributed by atoms with E-state index in [9.17, 15) is 4.79 Å². The molecular weight excluding hydrogens is 154 g/mol. The van der Waals surface area contributed by atoms with Crippen LogP contribution in [0.15, 0.2) is 0 Å². The van der Waals surface area contributed by atoms with Crippen LogP contribution < -0.4 is 0 Å². The minimum atomic E-state index is 0.198. The number of hydrogen-bond donors (Lipinski definition) is 0. The molecule has 3 atom stereocenters. The van der Waals surface area contributed by atoms with Gasteiger partial charge in [0.2, 0.25) is 5.91 Å². The number of hydrogen-bond acceptors (Lipinski definition) is 2. The van der Waals surface area contributed by atoms with Gasteiger partial charge in [0.05, 0.1) is 12.0 Å². The molecule has 1 saturated heterocycles. The van der Waals surface area contributed by atoms with Gasteiger partial charge in [0, 0.05) is 26.1 Å². The molecule has 3 heteroatoms. The van der Waals surface area contributed by atoms with Gasteiger partial charge < -0.3 is 9.64 Å². The van der Waals surface area contributed by atoms with Crippen LogP contribution in [0.1, 0.15) is 13.3 Å². The first-order valence-corrected chi connectivity index (χ1v) is 4.62. The lowest BCUT2D eigenvalue weighted by Gasteiger charge is -2.15. The zero-order valence-corrected chi connectivity index (χ0v) is 7.62. The summed E-state index contributed by atoms with van der Waals surface area (Å²) in [6, 6.07) is 0. The van der Waals surface area contributed by atoms with E-state index >= 15 is 0 Å². The average molecular weight is 169 g/mol. The van der Waals surface area contributed by atoms with Crippen LogP contribution in [0.5, 0.6) is 0 Å². The Morgan fingerprint density at radius 1 is 1.67 bits per heavy atom. The zero-order valence-electron chi connectivity index (χ0n) is 7.62. The number of fused-ring (bicyclic) bond motifs is 1. The van der Waals surface area contributed by atoms with Crippen LogP contribution in [0, 0.1) is 11.8 Å². The molecule has 0 aromatic heterocycles. The maximum Gasteiger partial charge on any atom is 0.228 e. The Balaban J connectivity index is 1.91. The summed E-state index contributed by atoms with van der Waals surface area (Å²) in [5.41, 5.74) is 0. The highest BCUT2D eigenvalue weighted by Crippen LogP contribution is 2.49. The summed E-state index contributed by atoms with van der Waals surface area (Å²) in [6.07, 6.45) is 1.35. The highest BCUT2D eigenvalue weighted by molar-refractivity contribution is 5.82. The SMILES string of the molecule is CCN(C)C(=O)C1C2CCOC21. The van der Waals surface area contributed by atoms with Crippen LogP contribution in [0.2, 0.25) is 0 Å². The minimum absolute atomic E-state index is 0.198. The van der Waals surface area contributed by atoms with Crippen LogP contribution in [0.25, 0.3) is 0 Å². The summed E-state index contributed by atoms with van der Waals surface area (Å²) in [7, 11) is 1.86. The van der Waals surface area contributed by atoms with Gasteiger partial charge in [-0.1, -0.05) is 0 Å². The van der Waals surface area contributed by atoms with E-state index in [0.717, 1.165) is 19.6 Å². The second-order valence-electron chi connectivity index (χ2n) is 3.67. The lowest BCUT2D eigenvalue weighted by molar-refractivity contribution is -0.132. The standard InChI is InChI=1S/C9H15NO2/c1-3-10(2)9(11)7-6-4-5-12-8(6)7/h6-8H,3-5H2,1-2H3. The Hall–Kier alpha value is -0.570. The van der Waals surface area contributed by atoms with Gasteiger partial charge >= 0.3 is 0 Å². The van der Waals surface area contributed by atoms with Crippen LogP contribution in [0.3, 0.4) is 0 Å². The molecule has 0 aromatic carbocycles. The fourth-order valence-corrected chi connectivity index (χ4v) is 1.99. The predicted octanol–water partition coefficient (Wildman–Crippen LogP) is 0.500. The molecule has 12 heavy (non-hydrogen) atoms. The summed E-state index contributed by atoms with van der Waals surface area (Å²) in [6.45, 7) is 3.65. The van der Waals surface area contributed by atoms with Gasteiger partial charge in [-0.2, -0.15) is 0 Å². The number of amides is 1. The molecule has 1 heterocycles. The van der Waals surface area contributed by atoms with Crippen molar-refractivity contribution in [2.24, 2.45) is 11.8 Å². The van der Waals surface area contributed by atoms with Crippen molar-refractivity contribution in [3.63, 3.8) is 0 Å². The number of carbonyl (C=O) groups excluding carboxylic acids is 1. The van der Waals surface area contributed by atoms with E-state index in [0.29, 0.717) is 5.92 Å². The Bertz CT molecular complexity index is 195. The minimum Gasteiger partial charge on any atom is -0.377 e. The lowest BCUT2D eigenvalue weighted by Crippen LogP contribution is -2.29. The van der Waals surface area contributed by atoms with Gasteiger partial charge in [-0.3, -0.25) is 4.79 Å². The van der Waals surface area contributed by atoms with Gasteiger partial charge in [0.1, 0.15) is 0 Å². The molecule has 1 aliphatic heterocycles. The van der Waals surface area contributed by atoms with Crippen LogP contribution in [-0.2, 0) is 9.53 Å². The molecule has 2 rings (SSSR count). The third-order valence-corrected chi connectivity index (χ3v) is 2.99. The summed E-state index contributed by atoms with van der Waals surface area (Å²) >= 11 is 0. The van der Waals surface area contributed by atoms with E-state index in [1.807, 2.05) is 14.0 Å². The molecule has 0 radical (unpaired) electrons. The van der Waals surface area contributed by atoms with Gasteiger partial charge in [-0.15, -0.1) is 0 Å². The molecule has 2 fully saturated rings. The molecular formula is C9H15NO2. The Kier molecular flexibility index (Phi) is 1.83. The van der Waals surface area contributed by atoms with Crippen LogP contribution in [-0.4, -0.2) is 37.1 Å². The molecule has 1 saturated carbocycles. The molecule has 0 aromatic rings. The Morgan fingerprint density at radius 2 is 2.42 bits per heavy atom. The van der Waals surface area contributed by atoms with Crippen molar-refractivity contribution in [1.29, 1.82) is 0 Å². The second-order valence-corrected chi connectivity index (χ2v) is 3.67. The second kappa shape index (κ2) is 2.73. The number of carbonyl (C=O) groups is 1. The van der Waals surface area contributed by atoms with Crippen molar-refractivity contribution in [3.05, 3.63) is 0 Å². The zero-order chi connectivity index (χ0) is 8.72. The summed E-state index contributed by atoms with van der Waals surface area (Å²) in [5, 5.41) is 0. The van der Waals surface area contributed by atoms with Crippen molar-refractivity contribution in [3.8, 4) is 0 Å². The first kappa shape index (κ1) is 8.05. The first-order valence-electron chi connectivity index (χ1n) is 4.62. The smallest absolute Gasteiger partial charge is 0.228 e. The third-order valence-electron chi connectivity index (χ3n) is 2.99. The van der Waals surface area contributed by atoms with Gasteiger partial charge in [0.25, 0.3) is 0 Å². The van der Waals surface area contributed by atoms with E-state index in [4.69, 9.17) is 4.74 Å². The highest BCUT2D eigenvalue weighted by Gasteiger charge is 2.59. The van der Waals surface area contributed by atoms with Gasteiger partial charge in [0.15, 0.2) is 0 Å². The van der Waals surface area contributed by atoms with Crippen molar-refractivity contribution >= 4 is 5.91 Å². The van der Waals surface area contributed by atoms with Gasteiger partial charge in [-0.25, -0.2) is 0 Å². The number of ether oxygens (including phenoxy) is 1. The maximum atomic E-state index is 11.6. The highest BCUT2D eigenvalue weighted by atomic mass is 16.5. The molecule has 1 aliphatic carbocycles. The van der Waals surface area contributed by atoms with Crippen molar-refractivity contribution < 1.29 is 9.53 Å². The molecule has 3 nitrogen and oxygen atoms in total. The average Bonchev–Trinajstić information content (AvgIpc) is 2.56. The van der Waals surface area contributed by atoms with E-state index in [1.165, 1.54) is 0 Å². The molecule has 0 bridgehead atoms. The topological polar surface area (TPSA) is 29.5 Å². The van der Waals surface area contributed by atoms with E-state index in [1.54, 1.807) is 4.90 Å².